The molecule has 4 rings (SSSR count). The van der Waals surface area contributed by atoms with E-state index < -0.39 is 0 Å². The molecule has 1 atom stereocenters. The molecule has 1 aliphatic rings. The predicted molar refractivity (Wildman–Crippen MR) is 101 cm³/mol. The number of amides is 1. The van der Waals surface area contributed by atoms with Gasteiger partial charge in [0.1, 0.15) is 5.82 Å². The maximum Gasteiger partial charge on any atom is 0.252 e. The first-order valence-electron chi connectivity index (χ1n) is 9.00. The molecule has 6 nitrogen and oxygen atoms in total. The molecule has 27 heavy (non-hydrogen) atoms. The van der Waals surface area contributed by atoms with Gasteiger partial charge >= 0.3 is 0 Å². The molecule has 1 saturated heterocycles. The molecule has 1 aliphatic heterocycles. The molecule has 0 bridgehead atoms. The number of hydrogen-bond acceptors (Lipinski definition) is 5. The summed E-state index contributed by atoms with van der Waals surface area (Å²) in [5, 5.41) is 3.76. The predicted octanol–water partition coefficient (Wildman–Crippen LogP) is 2.87. The zero-order valence-electron chi connectivity index (χ0n) is 15.0. The van der Waals surface area contributed by atoms with Crippen LogP contribution in [-0.4, -0.2) is 40.0 Å². The fourth-order valence-corrected chi connectivity index (χ4v) is 3.52. The summed E-state index contributed by atoms with van der Waals surface area (Å²) in [7, 11) is 0. The molecule has 2 aromatic heterocycles. The molecule has 1 N–H and O–H groups in total. The van der Waals surface area contributed by atoms with Crippen molar-refractivity contribution in [3.05, 3.63) is 59.8 Å². The van der Waals surface area contributed by atoms with Crippen LogP contribution in [0.3, 0.4) is 0 Å². The van der Waals surface area contributed by atoms with E-state index in [9.17, 15) is 9.18 Å². The van der Waals surface area contributed by atoms with Gasteiger partial charge in [0.2, 0.25) is 5.95 Å². The number of rotatable bonds is 3. The highest BCUT2D eigenvalue weighted by Gasteiger charge is 2.24. The summed E-state index contributed by atoms with van der Waals surface area (Å²) < 4.78 is 13.5. The van der Waals surface area contributed by atoms with Gasteiger partial charge in [-0.05, 0) is 44.0 Å². The SMILES string of the molecule is Cc1cc(C(=O)N[C@@H]2CCCN(c3ncccn3)C2)c2ccc(F)cc2n1. The third-order valence-corrected chi connectivity index (χ3v) is 4.74. The standard InChI is InChI=1S/C20H20FN5O/c1-13-10-17(16-6-5-14(21)11-18(16)24-13)19(27)25-15-4-2-9-26(12-15)20-22-7-3-8-23-20/h3,5-8,10-11,15H,2,4,9,12H2,1H3,(H,25,27)/t15-/m1/s1. The van der Waals surface area contributed by atoms with E-state index in [1.54, 1.807) is 37.5 Å². The molecule has 7 heteroatoms. The molecule has 1 amide bonds. The summed E-state index contributed by atoms with van der Waals surface area (Å²) in [5.41, 5.74) is 1.69. The topological polar surface area (TPSA) is 71.0 Å². The highest BCUT2D eigenvalue weighted by molar-refractivity contribution is 6.06. The number of fused-ring (bicyclic) bond motifs is 1. The van der Waals surface area contributed by atoms with Crippen molar-refractivity contribution in [2.24, 2.45) is 0 Å². The van der Waals surface area contributed by atoms with Gasteiger partial charge < -0.3 is 10.2 Å². The number of piperidine rings is 1. The number of halogens is 1. The third kappa shape index (κ3) is 3.72. The van der Waals surface area contributed by atoms with Crippen molar-refractivity contribution >= 4 is 22.8 Å². The fraction of sp³-hybridized carbons (Fsp3) is 0.300. The lowest BCUT2D eigenvalue weighted by molar-refractivity contribution is 0.0934. The first-order chi connectivity index (χ1) is 13.1. The quantitative estimate of drug-likeness (QED) is 0.773. The Hall–Kier alpha value is -3.09. The van der Waals surface area contributed by atoms with Crippen LogP contribution in [0.15, 0.2) is 42.7 Å². The lowest BCUT2D eigenvalue weighted by atomic mass is 10.0. The first kappa shape index (κ1) is 17.3. The van der Waals surface area contributed by atoms with Crippen LogP contribution in [0.5, 0.6) is 0 Å². The molecular formula is C20H20FN5O. The molecule has 3 heterocycles. The Morgan fingerprint density at radius 2 is 2.07 bits per heavy atom. The van der Waals surface area contributed by atoms with Gasteiger partial charge in [0.15, 0.2) is 0 Å². The molecular weight excluding hydrogens is 345 g/mol. The Morgan fingerprint density at radius 1 is 1.26 bits per heavy atom. The average Bonchev–Trinajstić information content (AvgIpc) is 2.68. The molecule has 0 unspecified atom stereocenters. The Bertz CT molecular complexity index is 974. The maximum absolute atomic E-state index is 13.5. The van der Waals surface area contributed by atoms with Crippen LogP contribution in [0.2, 0.25) is 0 Å². The number of pyridine rings is 1. The van der Waals surface area contributed by atoms with E-state index in [1.165, 1.54) is 12.1 Å². The molecule has 0 spiro atoms. The van der Waals surface area contributed by atoms with E-state index in [1.807, 2.05) is 0 Å². The number of carbonyl (C=O) groups is 1. The molecule has 0 radical (unpaired) electrons. The highest BCUT2D eigenvalue weighted by atomic mass is 19.1. The Morgan fingerprint density at radius 3 is 2.89 bits per heavy atom. The van der Waals surface area contributed by atoms with Crippen molar-refractivity contribution in [1.82, 2.24) is 20.3 Å². The van der Waals surface area contributed by atoms with Crippen LogP contribution >= 0.6 is 0 Å². The van der Waals surface area contributed by atoms with E-state index in [2.05, 4.69) is 25.2 Å². The van der Waals surface area contributed by atoms with Crippen LogP contribution < -0.4 is 10.2 Å². The smallest absolute Gasteiger partial charge is 0.252 e. The maximum atomic E-state index is 13.5. The minimum atomic E-state index is -0.363. The zero-order chi connectivity index (χ0) is 18.8. The van der Waals surface area contributed by atoms with Gasteiger partial charge in [0.05, 0.1) is 11.1 Å². The number of carbonyl (C=O) groups excluding carboxylic acids is 1. The number of nitrogens with zero attached hydrogens (tertiary/aromatic N) is 4. The van der Waals surface area contributed by atoms with Gasteiger partial charge in [-0.2, -0.15) is 0 Å². The minimum absolute atomic E-state index is 0.000902. The summed E-state index contributed by atoms with van der Waals surface area (Å²) in [4.78, 5) is 27.9. The van der Waals surface area contributed by atoms with Crippen LogP contribution in [0.25, 0.3) is 10.9 Å². The lowest BCUT2D eigenvalue weighted by Crippen LogP contribution is -2.48. The number of hydrogen-bond donors (Lipinski definition) is 1. The summed E-state index contributed by atoms with van der Waals surface area (Å²) in [6.45, 7) is 3.33. The largest absolute Gasteiger partial charge is 0.348 e. The summed E-state index contributed by atoms with van der Waals surface area (Å²) in [6, 6.07) is 7.85. The van der Waals surface area contributed by atoms with Crippen molar-refractivity contribution in [2.75, 3.05) is 18.0 Å². The van der Waals surface area contributed by atoms with Crippen molar-refractivity contribution in [3.8, 4) is 0 Å². The van der Waals surface area contributed by atoms with E-state index in [4.69, 9.17) is 0 Å². The van der Waals surface area contributed by atoms with Gasteiger partial charge in [-0.15, -0.1) is 0 Å². The highest BCUT2D eigenvalue weighted by Crippen LogP contribution is 2.21. The van der Waals surface area contributed by atoms with Crippen molar-refractivity contribution in [2.45, 2.75) is 25.8 Å². The second-order valence-corrected chi connectivity index (χ2v) is 6.78. The van der Waals surface area contributed by atoms with Crippen LogP contribution in [0.4, 0.5) is 10.3 Å². The lowest BCUT2D eigenvalue weighted by Gasteiger charge is -2.33. The zero-order valence-corrected chi connectivity index (χ0v) is 15.0. The van der Waals surface area contributed by atoms with Crippen molar-refractivity contribution in [1.29, 1.82) is 0 Å². The molecule has 1 aromatic carbocycles. The molecule has 3 aromatic rings. The number of aromatic nitrogens is 3. The third-order valence-electron chi connectivity index (χ3n) is 4.74. The van der Waals surface area contributed by atoms with Gasteiger partial charge in [0.25, 0.3) is 5.91 Å². The molecule has 0 aliphatic carbocycles. The summed E-state index contributed by atoms with van der Waals surface area (Å²) in [6.07, 6.45) is 5.28. The number of anilines is 1. The van der Waals surface area contributed by atoms with Gasteiger partial charge in [-0.25, -0.2) is 14.4 Å². The van der Waals surface area contributed by atoms with E-state index in [0.29, 0.717) is 34.7 Å². The molecule has 1 fully saturated rings. The number of aryl methyl sites for hydroxylation is 1. The Kier molecular flexibility index (Phi) is 4.66. The summed E-state index contributed by atoms with van der Waals surface area (Å²) in [5.74, 6) is 0.146. The number of benzene rings is 1. The normalized spacial score (nSPS) is 17.1. The van der Waals surface area contributed by atoms with E-state index >= 15 is 0 Å². The molecule has 138 valence electrons. The molecule has 0 saturated carbocycles. The van der Waals surface area contributed by atoms with Crippen LogP contribution in [-0.2, 0) is 0 Å². The minimum Gasteiger partial charge on any atom is -0.348 e. The van der Waals surface area contributed by atoms with E-state index in [0.717, 1.165) is 19.4 Å². The monoisotopic (exact) mass is 365 g/mol. The summed E-state index contributed by atoms with van der Waals surface area (Å²) >= 11 is 0. The second kappa shape index (κ2) is 7.26. The van der Waals surface area contributed by atoms with Gasteiger partial charge in [-0.3, -0.25) is 9.78 Å². The second-order valence-electron chi connectivity index (χ2n) is 6.78. The van der Waals surface area contributed by atoms with Crippen molar-refractivity contribution in [3.63, 3.8) is 0 Å². The first-order valence-corrected chi connectivity index (χ1v) is 9.00. The Balaban J connectivity index is 1.55. The average molecular weight is 365 g/mol. The van der Waals surface area contributed by atoms with E-state index in [-0.39, 0.29) is 17.8 Å². The van der Waals surface area contributed by atoms with Crippen LogP contribution in [0, 0.1) is 12.7 Å². The van der Waals surface area contributed by atoms with Gasteiger partial charge in [-0.1, -0.05) is 0 Å². The van der Waals surface area contributed by atoms with Crippen molar-refractivity contribution < 1.29 is 9.18 Å². The number of nitrogens with one attached hydrogen (secondary N) is 1. The van der Waals surface area contributed by atoms with Crippen LogP contribution in [0.1, 0.15) is 28.9 Å². The fourth-order valence-electron chi connectivity index (χ4n) is 3.52. The van der Waals surface area contributed by atoms with Gasteiger partial charge in [0, 0.05) is 48.7 Å². The Labute approximate surface area is 156 Å².